The maximum atomic E-state index is 6.57. The standard InChI is InChI=1S/C55H39NO/c1-55(2)48-21-10-8-19-45(48)46-30-29-44(35-49(46)55)56(43-18-12-17-41(34-43)42-28-25-37-15-6-7-16-40(37)33-42)50-31-32-52-54(47-20-9-11-22-51(47)57-52)53(50)39-26-23-38(24-27-39)36-13-4-3-5-14-36/h3-35H,1-2H3. The minimum atomic E-state index is -0.151. The van der Waals surface area contributed by atoms with Crippen molar-refractivity contribution in [2.45, 2.75) is 19.3 Å². The molecule has 57 heavy (non-hydrogen) atoms. The van der Waals surface area contributed by atoms with Gasteiger partial charge in [0.05, 0.1) is 5.69 Å². The van der Waals surface area contributed by atoms with E-state index in [9.17, 15) is 0 Å². The molecule has 0 atom stereocenters. The number of fused-ring (bicyclic) bond motifs is 7. The Morgan fingerprint density at radius 1 is 0.404 bits per heavy atom. The topological polar surface area (TPSA) is 16.4 Å². The van der Waals surface area contributed by atoms with Gasteiger partial charge in [0.15, 0.2) is 0 Å². The van der Waals surface area contributed by atoms with Crippen LogP contribution in [-0.2, 0) is 5.41 Å². The van der Waals surface area contributed by atoms with E-state index in [0.717, 1.165) is 50.1 Å². The molecule has 1 aliphatic rings. The van der Waals surface area contributed by atoms with Crippen LogP contribution < -0.4 is 4.90 Å². The minimum Gasteiger partial charge on any atom is -0.456 e. The van der Waals surface area contributed by atoms with Crippen LogP contribution in [0.1, 0.15) is 25.0 Å². The number of rotatable bonds is 6. The summed E-state index contributed by atoms with van der Waals surface area (Å²) in [6.45, 7) is 4.71. The molecule has 1 aromatic heterocycles. The Kier molecular flexibility index (Phi) is 7.55. The third-order valence-electron chi connectivity index (χ3n) is 12.1. The fourth-order valence-corrected chi connectivity index (χ4v) is 9.20. The molecule has 0 aliphatic heterocycles. The Morgan fingerprint density at radius 3 is 1.93 bits per heavy atom. The third kappa shape index (κ3) is 5.40. The number of anilines is 3. The van der Waals surface area contributed by atoms with Gasteiger partial charge >= 0.3 is 0 Å². The number of hydrogen-bond donors (Lipinski definition) is 0. The summed E-state index contributed by atoms with van der Waals surface area (Å²) in [6, 6.07) is 72.8. The van der Waals surface area contributed by atoms with E-state index < -0.39 is 0 Å². The van der Waals surface area contributed by atoms with Crippen LogP contribution in [0.5, 0.6) is 0 Å². The lowest BCUT2D eigenvalue weighted by Gasteiger charge is -2.30. The molecule has 9 aromatic carbocycles. The van der Waals surface area contributed by atoms with Gasteiger partial charge in [0.1, 0.15) is 11.2 Å². The van der Waals surface area contributed by atoms with E-state index in [1.165, 1.54) is 55.3 Å². The highest BCUT2D eigenvalue weighted by atomic mass is 16.3. The molecule has 0 radical (unpaired) electrons. The van der Waals surface area contributed by atoms with Crippen LogP contribution >= 0.6 is 0 Å². The molecule has 11 rings (SSSR count). The van der Waals surface area contributed by atoms with Crippen LogP contribution in [-0.4, -0.2) is 0 Å². The van der Waals surface area contributed by atoms with E-state index in [1.54, 1.807) is 0 Å². The van der Waals surface area contributed by atoms with E-state index in [4.69, 9.17) is 4.42 Å². The van der Waals surface area contributed by atoms with E-state index in [0.29, 0.717) is 0 Å². The van der Waals surface area contributed by atoms with E-state index in [-0.39, 0.29) is 5.41 Å². The highest BCUT2D eigenvalue weighted by Crippen LogP contribution is 2.52. The lowest BCUT2D eigenvalue weighted by molar-refractivity contribution is 0.660. The minimum absolute atomic E-state index is 0.151. The molecular weight excluding hydrogens is 691 g/mol. The van der Waals surface area contributed by atoms with Crippen LogP contribution in [0, 0.1) is 0 Å². The summed E-state index contributed by atoms with van der Waals surface area (Å²) in [4.78, 5) is 2.46. The number of para-hydroxylation sites is 1. The molecule has 0 spiro atoms. The van der Waals surface area contributed by atoms with Gasteiger partial charge in [-0.25, -0.2) is 0 Å². The van der Waals surface area contributed by atoms with Gasteiger partial charge in [0.2, 0.25) is 0 Å². The van der Waals surface area contributed by atoms with E-state index >= 15 is 0 Å². The molecule has 0 amide bonds. The van der Waals surface area contributed by atoms with Gasteiger partial charge < -0.3 is 9.32 Å². The summed E-state index contributed by atoms with van der Waals surface area (Å²) in [5.41, 5.74) is 17.2. The van der Waals surface area contributed by atoms with Crippen molar-refractivity contribution in [2.24, 2.45) is 0 Å². The molecule has 2 heteroatoms. The van der Waals surface area contributed by atoms with Crippen LogP contribution in [0.25, 0.3) is 77.2 Å². The average Bonchev–Trinajstić information content (AvgIpc) is 3.76. The molecular formula is C55H39NO. The quantitative estimate of drug-likeness (QED) is 0.169. The van der Waals surface area contributed by atoms with Gasteiger partial charge in [-0.2, -0.15) is 0 Å². The Morgan fingerprint density at radius 2 is 1.05 bits per heavy atom. The van der Waals surface area contributed by atoms with Crippen molar-refractivity contribution in [3.8, 4) is 44.5 Å². The first-order chi connectivity index (χ1) is 28.0. The van der Waals surface area contributed by atoms with Crippen molar-refractivity contribution in [2.75, 3.05) is 4.90 Å². The van der Waals surface area contributed by atoms with Crippen LogP contribution in [0.4, 0.5) is 17.1 Å². The first-order valence-corrected chi connectivity index (χ1v) is 19.8. The summed E-state index contributed by atoms with van der Waals surface area (Å²) in [7, 11) is 0. The van der Waals surface area contributed by atoms with E-state index in [2.05, 4.69) is 219 Å². The van der Waals surface area contributed by atoms with Crippen LogP contribution in [0.15, 0.2) is 205 Å². The highest BCUT2D eigenvalue weighted by Gasteiger charge is 2.36. The summed E-state index contributed by atoms with van der Waals surface area (Å²) in [5, 5.41) is 4.69. The Hall–Kier alpha value is -7.16. The smallest absolute Gasteiger partial charge is 0.136 e. The fraction of sp³-hybridized carbons (Fsp3) is 0.0545. The molecule has 10 aromatic rings. The second-order valence-electron chi connectivity index (χ2n) is 15.7. The Balaban J connectivity index is 1.17. The van der Waals surface area contributed by atoms with Crippen molar-refractivity contribution < 1.29 is 4.42 Å². The van der Waals surface area contributed by atoms with Crippen molar-refractivity contribution in [3.63, 3.8) is 0 Å². The van der Waals surface area contributed by atoms with Gasteiger partial charge in [-0.15, -0.1) is 0 Å². The number of furan rings is 1. The zero-order valence-electron chi connectivity index (χ0n) is 31.9. The molecule has 1 aliphatic carbocycles. The zero-order chi connectivity index (χ0) is 38.1. The van der Waals surface area contributed by atoms with Crippen LogP contribution in [0.3, 0.4) is 0 Å². The molecule has 1 heterocycles. The average molecular weight is 730 g/mol. The zero-order valence-corrected chi connectivity index (χ0v) is 31.9. The third-order valence-corrected chi connectivity index (χ3v) is 12.1. The monoisotopic (exact) mass is 729 g/mol. The first kappa shape index (κ1) is 33.2. The van der Waals surface area contributed by atoms with Crippen molar-refractivity contribution in [3.05, 3.63) is 211 Å². The SMILES string of the molecule is CC1(C)c2ccccc2-c2ccc(N(c3cccc(-c4ccc5ccccc5c4)c3)c3ccc4oc5ccccc5c4c3-c3ccc(-c4ccccc4)cc3)cc21. The molecule has 270 valence electrons. The second-order valence-corrected chi connectivity index (χ2v) is 15.7. The normalized spacial score (nSPS) is 12.9. The lowest BCUT2D eigenvalue weighted by atomic mass is 9.82. The van der Waals surface area contributed by atoms with E-state index in [1.807, 2.05) is 0 Å². The summed E-state index contributed by atoms with van der Waals surface area (Å²) >= 11 is 0. The number of nitrogens with zero attached hydrogens (tertiary/aromatic N) is 1. The largest absolute Gasteiger partial charge is 0.456 e. The van der Waals surface area contributed by atoms with Crippen LogP contribution in [0.2, 0.25) is 0 Å². The number of benzene rings is 9. The van der Waals surface area contributed by atoms with Crippen molar-refractivity contribution >= 4 is 49.8 Å². The van der Waals surface area contributed by atoms with Crippen molar-refractivity contribution in [1.29, 1.82) is 0 Å². The lowest BCUT2D eigenvalue weighted by Crippen LogP contribution is -2.17. The summed E-state index contributed by atoms with van der Waals surface area (Å²) < 4.78 is 6.57. The van der Waals surface area contributed by atoms with Gasteiger partial charge in [0.25, 0.3) is 0 Å². The molecule has 2 nitrogen and oxygen atoms in total. The number of hydrogen-bond acceptors (Lipinski definition) is 2. The fourth-order valence-electron chi connectivity index (χ4n) is 9.20. The van der Waals surface area contributed by atoms with Gasteiger partial charge in [0, 0.05) is 33.1 Å². The van der Waals surface area contributed by atoms with Gasteiger partial charge in [-0.3, -0.25) is 0 Å². The molecule has 0 saturated heterocycles. The first-order valence-electron chi connectivity index (χ1n) is 19.8. The molecule has 0 N–H and O–H groups in total. The molecule has 0 unspecified atom stereocenters. The molecule has 0 saturated carbocycles. The predicted molar refractivity (Wildman–Crippen MR) is 240 cm³/mol. The second kappa shape index (κ2) is 13.0. The maximum absolute atomic E-state index is 6.57. The predicted octanol–water partition coefficient (Wildman–Crippen LogP) is 15.5. The Bertz CT molecular complexity index is 3150. The summed E-state index contributed by atoms with van der Waals surface area (Å²) in [6.07, 6.45) is 0. The molecule has 0 bridgehead atoms. The molecule has 0 fully saturated rings. The highest BCUT2D eigenvalue weighted by molar-refractivity contribution is 6.16. The van der Waals surface area contributed by atoms with Gasteiger partial charge in [-0.05, 0) is 109 Å². The van der Waals surface area contributed by atoms with Gasteiger partial charge in [-0.1, -0.05) is 166 Å². The Labute approximate surface area is 332 Å². The maximum Gasteiger partial charge on any atom is 0.136 e. The van der Waals surface area contributed by atoms with Crippen molar-refractivity contribution in [1.82, 2.24) is 0 Å². The summed E-state index contributed by atoms with van der Waals surface area (Å²) in [5.74, 6) is 0.